The summed E-state index contributed by atoms with van der Waals surface area (Å²) in [6, 6.07) is 0.428. The van der Waals surface area contributed by atoms with Gasteiger partial charge in [-0.1, -0.05) is 25.6 Å². The molecule has 1 rings (SSSR count). The lowest BCUT2D eigenvalue weighted by atomic mass is 9.99. The van der Waals surface area contributed by atoms with Gasteiger partial charge in [-0.25, -0.2) is 0 Å². The van der Waals surface area contributed by atoms with E-state index in [0.717, 1.165) is 19.4 Å². The summed E-state index contributed by atoms with van der Waals surface area (Å²) >= 11 is 5.05. The summed E-state index contributed by atoms with van der Waals surface area (Å²) in [5.41, 5.74) is 5.70. The summed E-state index contributed by atoms with van der Waals surface area (Å²) in [6.45, 7) is 3.33. The number of rotatable bonds is 4. The van der Waals surface area contributed by atoms with Crippen LogP contribution >= 0.6 is 12.2 Å². The minimum atomic E-state index is 0.169. The molecule has 1 aliphatic heterocycles. The molecule has 82 valence electrons. The average molecular weight is 216 g/mol. The maximum Gasteiger partial charge on any atom is 0.0902 e. The Bertz CT molecular complexity index is 199. The first-order chi connectivity index (χ1) is 6.70. The predicted molar refractivity (Wildman–Crippen MR) is 62.3 cm³/mol. The second-order valence-electron chi connectivity index (χ2n) is 3.90. The van der Waals surface area contributed by atoms with Crippen molar-refractivity contribution in [1.29, 1.82) is 0 Å². The van der Waals surface area contributed by atoms with Gasteiger partial charge in [0.2, 0.25) is 0 Å². The number of nitrogens with two attached hydrogens (primary N) is 1. The monoisotopic (exact) mass is 216 g/mol. The highest BCUT2D eigenvalue weighted by Gasteiger charge is 2.28. The molecule has 2 atom stereocenters. The topological polar surface area (TPSA) is 49.5 Å². The third kappa shape index (κ3) is 2.65. The van der Waals surface area contributed by atoms with Gasteiger partial charge in [-0.15, -0.1) is 0 Å². The van der Waals surface area contributed by atoms with Crippen LogP contribution in [0.3, 0.4) is 0 Å². The fourth-order valence-corrected chi connectivity index (χ4v) is 2.53. The summed E-state index contributed by atoms with van der Waals surface area (Å²) in [5, 5.41) is 9.26. The standard InChI is InChI=1S/C10H20N2OS/c1-2-9(10(11)14)12-6-4-3-5-8(12)7-13/h8-9,13H,2-7H2,1H3,(H2,11,14). The van der Waals surface area contributed by atoms with E-state index in [0.29, 0.717) is 4.99 Å². The van der Waals surface area contributed by atoms with Gasteiger partial charge in [0.15, 0.2) is 0 Å². The van der Waals surface area contributed by atoms with Gasteiger partial charge >= 0.3 is 0 Å². The minimum absolute atomic E-state index is 0.169. The van der Waals surface area contributed by atoms with Gasteiger partial charge < -0.3 is 10.8 Å². The van der Waals surface area contributed by atoms with E-state index >= 15 is 0 Å². The van der Waals surface area contributed by atoms with Crippen LogP contribution in [-0.2, 0) is 0 Å². The maximum absolute atomic E-state index is 9.26. The first kappa shape index (κ1) is 11.9. The molecular formula is C10H20N2OS. The fraction of sp³-hybridized carbons (Fsp3) is 0.900. The Morgan fingerprint density at radius 2 is 2.36 bits per heavy atom. The normalized spacial score (nSPS) is 26.0. The van der Waals surface area contributed by atoms with E-state index < -0.39 is 0 Å². The number of nitrogens with zero attached hydrogens (tertiary/aromatic N) is 1. The lowest BCUT2D eigenvalue weighted by molar-refractivity contribution is 0.0736. The Labute approximate surface area is 91.3 Å². The van der Waals surface area contributed by atoms with Gasteiger partial charge in [-0.3, -0.25) is 4.90 Å². The molecule has 0 amide bonds. The van der Waals surface area contributed by atoms with E-state index in [9.17, 15) is 5.11 Å². The van der Waals surface area contributed by atoms with Crippen molar-refractivity contribution in [2.75, 3.05) is 13.2 Å². The number of hydrogen-bond donors (Lipinski definition) is 2. The molecule has 0 aromatic rings. The molecule has 4 heteroatoms. The third-order valence-corrected chi connectivity index (χ3v) is 3.27. The Hall–Kier alpha value is -0.190. The van der Waals surface area contributed by atoms with Gasteiger partial charge in [-0.05, 0) is 25.8 Å². The van der Waals surface area contributed by atoms with Crippen molar-refractivity contribution < 1.29 is 5.11 Å². The SMILES string of the molecule is CCC(C(N)=S)N1CCCCC1CO. The van der Waals surface area contributed by atoms with E-state index in [1.807, 2.05) is 0 Å². The van der Waals surface area contributed by atoms with Crippen molar-refractivity contribution in [2.45, 2.75) is 44.7 Å². The summed E-state index contributed by atoms with van der Waals surface area (Å²) in [6.07, 6.45) is 4.40. The van der Waals surface area contributed by atoms with Crippen molar-refractivity contribution >= 4 is 17.2 Å². The zero-order chi connectivity index (χ0) is 10.6. The number of thiocarbonyl (C=S) groups is 1. The van der Waals surface area contributed by atoms with Crippen LogP contribution in [0, 0.1) is 0 Å². The summed E-state index contributed by atoms with van der Waals surface area (Å²) in [5.74, 6) is 0. The molecule has 0 aliphatic carbocycles. The highest BCUT2D eigenvalue weighted by molar-refractivity contribution is 7.80. The molecule has 0 aromatic carbocycles. The lowest BCUT2D eigenvalue weighted by Gasteiger charge is -2.39. The van der Waals surface area contributed by atoms with Gasteiger partial charge in [-0.2, -0.15) is 0 Å². The maximum atomic E-state index is 9.26. The van der Waals surface area contributed by atoms with Gasteiger partial charge in [0, 0.05) is 6.04 Å². The summed E-state index contributed by atoms with van der Waals surface area (Å²) in [7, 11) is 0. The second-order valence-corrected chi connectivity index (χ2v) is 4.37. The highest BCUT2D eigenvalue weighted by Crippen LogP contribution is 2.20. The van der Waals surface area contributed by atoms with Gasteiger partial charge in [0.1, 0.15) is 0 Å². The zero-order valence-corrected chi connectivity index (χ0v) is 9.59. The van der Waals surface area contributed by atoms with E-state index in [1.54, 1.807) is 0 Å². The Balaban J connectivity index is 2.65. The zero-order valence-electron chi connectivity index (χ0n) is 8.78. The number of likely N-dealkylation sites (tertiary alicyclic amines) is 1. The fourth-order valence-electron chi connectivity index (χ4n) is 2.23. The molecular weight excluding hydrogens is 196 g/mol. The number of hydrogen-bond acceptors (Lipinski definition) is 3. The number of aliphatic hydroxyl groups excluding tert-OH is 1. The van der Waals surface area contributed by atoms with Gasteiger partial charge in [0.05, 0.1) is 17.6 Å². The second kappa shape index (κ2) is 5.63. The molecule has 3 N–H and O–H groups in total. The van der Waals surface area contributed by atoms with E-state index in [-0.39, 0.29) is 18.7 Å². The van der Waals surface area contributed by atoms with Crippen LogP contribution in [0.5, 0.6) is 0 Å². The largest absolute Gasteiger partial charge is 0.395 e. The third-order valence-electron chi connectivity index (χ3n) is 3.00. The molecule has 14 heavy (non-hydrogen) atoms. The molecule has 1 saturated heterocycles. The van der Waals surface area contributed by atoms with Crippen molar-refractivity contribution in [3.8, 4) is 0 Å². The van der Waals surface area contributed by atoms with Crippen LogP contribution in [0.4, 0.5) is 0 Å². The quantitative estimate of drug-likeness (QED) is 0.686. The number of piperidine rings is 1. The van der Waals surface area contributed by atoms with Crippen LogP contribution in [0.25, 0.3) is 0 Å². The first-order valence-electron chi connectivity index (χ1n) is 5.36. The van der Waals surface area contributed by atoms with Crippen LogP contribution in [0.15, 0.2) is 0 Å². The molecule has 0 aromatic heterocycles. The molecule has 1 aliphatic rings. The Morgan fingerprint density at radius 1 is 1.64 bits per heavy atom. The smallest absolute Gasteiger partial charge is 0.0902 e. The van der Waals surface area contributed by atoms with E-state index in [4.69, 9.17) is 18.0 Å². The first-order valence-corrected chi connectivity index (χ1v) is 5.77. The molecule has 3 nitrogen and oxygen atoms in total. The molecule has 1 heterocycles. The molecule has 0 bridgehead atoms. The van der Waals surface area contributed by atoms with Crippen molar-refractivity contribution in [3.05, 3.63) is 0 Å². The van der Waals surface area contributed by atoms with Crippen molar-refractivity contribution in [3.63, 3.8) is 0 Å². The molecule has 2 unspecified atom stereocenters. The molecule has 0 spiro atoms. The molecule has 0 radical (unpaired) electrons. The number of aliphatic hydroxyl groups is 1. The van der Waals surface area contributed by atoms with Crippen LogP contribution in [0.1, 0.15) is 32.6 Å². The average Bonchev–Trinajstić information content (AvgIpc) is 2.19. The van der Waals surface area contributed by atoms with Crippen LogP contribution in [0.2, 0.25) is 0 Å². The highest BCUT2D eigenvalue weighted by atomic mass is 32.1. The van der Waals surface area contributed by atoms with Gasteiger partial charge in [0.25, 0.3) is 0 Å². The molecule has 0 saturated carbocycles. The van der Waals surface area contributed by atoms with Crippen LogP contribution < -0.4 is 5.73 Å². The Morgan fingerprint density at radius 3 is 2.86 bits per heavy atom. The molecule has 1 fully saturated rings. The Kier molecular flexibility index (Phi) is 4.78. The van der Waals surface area contributed by atoms with Crippen molar-refractivity contribution in [2.24, 2.45) is 5.73 Å². The predicted octanol–water partition coefficient (Wildman–Crippen LogP) is 0.898. The van der Waals surface area contributed by atoms with E-state index in [1.165, 1.54) is 12.8 Å². The van der Waals surface area contributed by atoms with E-state index in [2.05, 4.69) is 11.8 Å². The van der Waals surface area contributed by atoms with Crippen molar-refractivity contribution in [1.82, 2.24) is 4.90 Å². The lowest BCUT2D eigenvalue weighted by Crippen LogP contribution is -2.52. The minimum Gasteiger partial charge on any atom is -0.395 e. The van der Waals surface area contributed by atoms with Crippen LogP contribution in [-0.4, -0.2) is 40.2 Å². The summed E-state index contributed by atoms with van der Waals surface area (Å²) in [4.78, 5) is 2.83. The summed E-state index contributed by atoms with van der Waals surface area (Å²) < 4.78 is 0.